The molecule has 6 heteroatoms. The smallest absolute Gasteiger partial charge is 0.223 e. The van der Waals surface area contributed by atoms with Gasteiger partial charge >= 0.3 is 0 Å². The number of nitrogens with zero attached hydrogens (tertiary/aromatic N) is 1. The third kappa shape index (κ3) is 6.12. The van der Waals surface area contributed by atoms with Crippen molar-refractivity contribution in [1.82, 2.24) is 10.3 Å². The van der Waals surface area contributed by atoms with Crippen LogP contribution in [0.2, 0.25) is 0 Å². The van der Waals surface area contributed by atoms with E-state index < -0.39 is 6.04 Å². The number of hydrogen-bond acceptors (Lipinski definition) is 5. The summed E-state index contributed by atoms with van der Waals surface area (Å²) >= 11 is 0. The molecular weight excluding hydrogens is 388 g/mol. The monoisotopic (exact) mass is 418 g/mol. The fourth-order valence-corrected chi connectivity index (χ4v) is 3.64. The predicted molar refractivity (Wildman–Crippen MR) is 124 cm³/mol. The quantitative estimate of drug-likeness (QED) is 0.467. The zero-order chi connectivity index (χ0) is 22.2. The van der Waals surface area contributed by atoms with E-state index in [0.717, 1.165) is 28.3 Å². The summed E-state index contributed by atoms with van der Waals surface area (Å²) in [5.74, 6) is -0.0797. The van der Waals surface area contributed by atoms with Crippen LogP contribution in [0.3, 0.4) is 0 Å². The Morgan fingerprint density at radius 3 is 2.58 bits per heavy atom. The number of aromatic nitrogens is 1. The van der Waals surface area contributed by atoms with E-state index >= 15 is 0 Å². The normalized spacial score (nSPS) is 13.0. The first kappa shape index (κ1) is 22.4. The largest absolute Gasteiger partial charge is 0.383 e. The molecule has 1 amide bonds. The second-order valence-electron chi connectivity index (χ2n) is 7.88. The van der Waals surface area contributed by atoms with E-state index in [1.165, 1.54) is 0 Å². The lowest BCUT2D eigenvalue weighted by Gasteiger charge is -2.17. The third-order valence-corrected chi connectivity index (χ3v) is 5.64. The van der Waals surface area contributed by atoms with Gasteiger partial charge in [0.05, 0.1) is 6.04 Å². The molecule has 31 heavy (non-hydrogen) atoms. The molecule has 0 fully saturated rings. The number of aryl methyl sites for hydroxylation is 1. The molecule has 0 radical (unpaired) electrons. The number of hydrogen-bond donors (Lipinski definition) is 3. The highest BCUT2D eigenvalue weighted by atomic mass is 16.2. The number of fused-ring (bicyclic) bond motifs is 1. The van der Waals surface area contributed by atoms with E-state index in [2.05, 4.69) is 10.3 Å². The molecule has 162 valence electrons. The van der Waals surface area contributed by atoms with Crippen molar-refractivity contribution in [3.05, 3.63) is 71.9 Å². The molecule has 0 spiro atoms. The van der Waals surface area contributed by atoms with E-state index in [0.29, 0.717) is 25.2 Å². The number of ketones is 1. The van der Waals surface area contributed by atoms with E-state index in [1.807, 2.05) is 61.5 Å². The molecule has 1 heterocycles. The minimum atomic E-state index is -0.554. The van der Waals surface area contributed by atoms with Gasteiger partial charge in [0.2, 0.25) is 5.91 Å². The summed E-state index contributed by atoms with van der Waals surface area (Å²) in [7, 11) is 0. The Morgan fingerprint density at radius 1 is 1.06 bits per heavy atom. The second kappa shape index (κ2) is 10.7. The number of benzene rings is 2. The van der Waals surface area contributed by atoms with Crippen LogP contribution in [0.5, 0.6) is 0 Å². The minimum absolute atomic E-state index is 0.0633. The van der Waals surface area contributed by atoms with Crippen molar-refractivity contribution in [2.45, 2.75) is 45.2 Å². The first-order valence-corrected chi connectivity index (χ1v) is 10.7. The predicted octanol–water partition coefficient (Wildman–Crippen LogP) is 3.38. The molecule has 1 aromatic heterocycles. The molecule has 5 N–H and O–H groups in total. The minimum Gasteiger partial charge on any atom is -0.383 e. The van der Waals surface area contributed by atoms with Crippen molar-refractivity contribution < 1.29 is 9.59 Å². The maximum Gasteiger partial charge on any atom is 0.223 e. The summed E-state index contributed by atoms with van der Waals surface area (Å²) in [6.07, 6.45) is 3.75. The third-order valence-electron chi connectivity index (χ3n) is 5.64. The fraction of sp³-hybridized carbons (Fsp3) is 0.320. The number of nitrogens with one attached hydrogen (secondary N) is 1. The Bertz CT molecular complexity index is 1040. The van der Waals surface area contributed by atoms with Gasteiger partial charge in [-0.1, -0.05) is 49.4 Å². The Kier molecular flexibility index (Phi) is 7.73. The van der Waals surface area contributed by atoms with Gasteiger partial charge in [-0.15, -0.1) is 0 Å². The molecule has 0 bridgehead atoms. The number of carbonyl (C=O) groups is 2. The first-order chi connectivity index (χ1) is 15.0. The zero-order valence-corrected chi connectivity index (χ0v) is 17.9. The summed E-state index contributed by atoms with van der Waals surface area (Å²) in [4.78, 5) is 29.3. The maximum absolute atomic E-state index is 12.7. The van der Waals surface area contributed by atoms with Crippen molar-refractivity contribution >= 4 is 28.3 Å². The van der Waals surface area contributed by atoms with Crippen LogP contribution in [0.25, 0.3) is 10.8 Å². The highest BCUT2D eigenvalue weighted by Gasteiger charge is 2.23. The summed E-state index contributed by atoms with van der Waals surface area (Å²) in [5, 5.41) is 4.82. The van der Waals surface area contributed by atoms with E-state index in [4.69, 9.17) is 11.5 Å². The van der Waals surface area contributed by atoms with Crippen LogP contribution in [0.4, 0.5) is 5.82 Å². The zero-order valence-electron chi connectivity index (χ0n) is 17.9. The van der Waals surface area contributed by atoms with Crippen molar-refractivity contribution in [2.24, 2.45) is 11.7 Å². The molecule has 3 aromatic rings. The van der Waals surface area contributed by atoms with Gasteiger partial charge in [-0.25, -0.2) is 4.98 Å². The second-order valence-corrected chi connectivity index (χ2v) is 7.88. The van der Waals surface area contributed by atoms with E-state index in [1.54, 1.807) is 6.20 Å². The Morgan fingerprint density at radius 2 is 1.84 bits per heavy atom. The van der Waals surface area contributed by atoms with Gasteiger partial charge in [0, 0.05) is 30.5 Å². The van der Waals surface area contributed by atoms with Crippen molar-refractivity contribution in [1.29, 1.82) is 0 Å². The standard InChI is InChI=1S/C25H30N4O2/c1-2-19(15-23(30)22(26)11-9-17-6-4-3-5-7-17)25(31)29-16-18-8-10-21-20(14-18)12-13-28-24(21)27/h3-8,10,12-14,19,22H,2,9,11,15-16,26H2,1H3,(H2,27,28)(H,29,31)/t19-,22-/m1/s1. The number of amides is 1. The topological polar surface area (TPSA) is 111 Å². The number of nitrogen functional groups attached to an aromatic ring is 1. The highest BCUT2D eigenvalue weighted by Crippen LogP contribution is 2.20. The molecule has 0 unspecified atom stereocenters. The SMILES string of the molecule is CC[C@H](CC(=O)[C@H](N)CCc1ccccc1)C(=O)NCc1ccc2c(N)nccc2c1. The summed E-state index contributed by atoms with van der Waals surface area (Å²) in [6.45, 7) is 2.31. The lowest BCUT2D eigenvalue weighted by molar-refractivity contribution is -0.130. The van der Waals surface area contributed by atoms with Gasteiger partial charge < -0.3 is 16.8 Å². The molecular formula is C25H30N4O2. The van der Waals surface area contributed by atoms with Crippen LogP contribution in [0.15, 0.2) is 60.8 Å². The number of anilines is 1. The van der Waals surface area contributed by atoms with Gasteiger partial charge in [-0.2, -0.15) is 0 Å². The fourth-order valence-electron chi connectivity index (χ4n) is 3.64. The van der Waals surface area contributed by atoms with Crippen LogP contribution < -0.4 is 16.8 Å². The molecule has 0 aliphatic heterocycles. The summed E-state index contributed by atoms with van der Waals surface area (Å²) in [5.41, 5.74) is 14.1. The average Bonchev–Trinajstić information content (AvgIpc) is 2.80. The number of pyridine rings is 1. The van der Waals surface area contributed by atoms with Crippen LogP contribution in [-0.2, 0) is 22.6 Å². The maximum atomic E-state index is 12.7. The Labute approximate surface area is 183 Å². The number of carbonyl (C=O) groups excluding carboxylic acids is 2. The Hall–Kier alpha value is -3.25. The van der Waals surface area contributed by atoms with E-state index in [9.17, 15) is 9.59 Å². The summed E-state index contributed by atoms with van der Waals surface area (Å²) < 4.78 is 0. The number of rotatable bonds is 10. The van der Waals surface area contributed by atoms with Crippen molar-refractivity contribution in [3.63, 3.8) is 0 Å². The molecule has 2 atom stereocenters. The number of nitrogens with two attached hydrogens (primary N) is 2. The van der Waals surface area contributed by atoms with Crippen LogP contribution >= 0.6 is 0 Å². The Balaban J connectivity index is 1.51. The molecule has 6 nitrogen and oxygen atoms in total. The van der Waals surface area contributed by atoms with Crippen LogP contribution in [0, 0.1) is 5.92 Å². The van der Waals surface area contributed by atoms with Crippen molar-refractivity contribution in [2.75, 3.05) is 5.73 Å². The average molecular weight is 419 g/mol. The summed E-state index contributed by atoms with van der Waals surface area (Å²) in [6, 6.07) is 17.1. The molecule has 0 saturated heterocycles. The van der Waals surface area contributed by atoms with Crippen molar-refractivity contribution in [3.8, 4) is 0 Å². The number of Topliss-reactive ketones (excluding diaryl/α,β-unsaturated/α-hetero) is 1. The van der Waals surface area contributed by atoms with Gasteiger partial charge in [0.15, 0.2) is 0 Å². The van der Waals surface area contributed by atoms with Gasteiger partial charge in [0.1, 0.15) is 11.6 Å². The van der Waals surface area contributed by atoms with Crippen LogP contribution in [0.1, 0.15) is 37.3 Å². The lowest BCUT2D eigenvalue weighted by atomic mass is 9.93. The first-order valence-electron chi connectivity index (χ1n) is 10.7. The molecule has 0 aliphatic carbocycles. The molecule has 0 saturated carbocycles. The van der Waals surface area contributed by atoms with Gasteiger partial charge in [-0.3, -0.25) is 9.59 Å². The van der Waals surface area contributed by atoms with Crippen LogP contribution in [-0.4, -0.2) is 22.7 Å². The molecule has 3 rings (SSSR count). The van der Waals surface area contributed by atoms with Gasteiger partial charge in [-0.05, 0) is 47.9 Å². The highest BCUT2D eigenvalue weighted by molar-refractivity contribution is 5.91. The molecule has 0 aliphatic rings. The molecule has 2 aromatic carbocycles. The lowest BCUT2D eigenvalue weighted by Crippen LogP contribution is -2.36. The van der Waals surface area contributed by atoms with E-state index in [-0.39, 0.29) is 24.0 Å². The van der Waals surface area contributed by atoms with Gasteiger partial charge in [0.25, 0.3) is 0 Å².